The quantitative estimate of drug-likeness (QED) is 0.189. The summed E-state index contributed by atoms with van der Waals surface area (Å²) in [6.07, 6.45) is 4.12. The lowest BCUT2D eigenvalue weighted by atomic mass is 9.99. The van der Waals surface area contributed by atoms with Gasteiger partial charge in [0.05, 0.1) is 27.6 Å². The maximum atomic E-state index is 11.7. The summed E-state index contributed by atoms with van der Waals surface area (Å²) in [6, 6.07) is 30.2. The van der Waals surface area contributed by atoms with E-state index in [0.717, 1.165) is 82.7 Å². The van der Waals surface area contributed by atoms with Gasteiger partial charge in [-0.3, -0.25) is 0 Å². The largest absolute Gasteiger partial charge is 0.478 e. The Morgan fingerprint density at radius 2 is 1.49 bits per heavy atom. The minimum atomic E-state index is -0.919. The van der Waals surface area contributed by atoms with E-state index in [9.17, 15) is 9.90 Å². The molecule has 0 spiro atoms. The first kappa shape index (κ1) is 26.5. The van der Waals surface area contributed by atoms with Crippen LogP contribution in [0.2, 0.25) is 0 Å². The Bertz CT molecular complexity index is 1850. The molecule has 0 amide bonds. The molecule has 0 saturated heterocycles. The number of para-hydroxylation sites is 2. The number of rotatable bonds is 10. The molecule has 6 nitrogen and oxygen atoms in total. The highest BCUT2D eigenvalue weighted by Crippen LogP contribution is 2.30. The summed E-state index contributed by atoms with van der Waals surface area (Å²) < 4.78 is 4.67. The Morgan fingerprint density at radius 3 is 2.27 bits per heavy atom. The number of aryl methyl sites for hydroxylation is 2. The summed E-state index contributed by atoms with van der Waals surface area (Å²) in [7, 11) is 0. The Hall–Kier alpha value is -4.71. The van der Waals surface area contributed by atoms with Crippen molar-refractivity contribution in [1.29, 1.82) is 0 Å². The number of hydrogen-bond donors (Lipinski definition) is 1. The van der Waals surface area contributed by atoms with Crippen LogP contribution in [0.4, 0.5) is 0 Å². The van der Waals surface area contributed by atoms with Gasteiger partial charge < -0.3 is 14.2 Å². The number of fused-ring (bicyclic) bond motifs is 2. The van der Waals surface area contributed by atoms with Crippen molar-refractivity contribution in [2.75, 3.05) is 0 Å². The molecule has 6 heteroatoms. The van der Waals surface area contributed by atoms with Gasteiger partial charge in [-0.25, -0.2) is 14.8 Å². The van der Waals surface area contributed by atoms with Crippen LogP contribution in [-0.2, 0) is 19.5 Å². The fourth-order valence-electron chi connectivity index (χ4n) is 5.63. The summed E-state index contributed by atoms with van der Waals surface area (Å²) in [6.45, 7) is 6.01. The molecule has 0 atom stereocenters. The lowest BCUT2D eigenvalue weighted by Gasteiger charge is -2.12. The highest BCUT2D eigenvalue weighted by Gasteiger charge is 2.17. The monoisotopic (exact) mass is 542 g/mol. The molecule has 41 heavy (non-hydrogen) atoms. The molecule has 0 aliphatic carbocycles. The second kappa shape index (κ2) is 11.4. The summed E-state index contributed by atoms with van der Waals surface area (Å²) in [5.74, 6) is 1.14. The maximum absolute atomic E-state index is 11.7. The third-order valence-corrected chi connectivity index (χ3v) is 7.71. The Balaban J connectivity index is 1.40. The second-order valence-corrected chi connectivity index (χ2v) is 10.5. The molecule has 0 radical (unpaired) electrons. The third-order valence-electron chi connectivity index (χ3n) is 7.71. The van der Waals surface area contributed by atoms with Gasteiger partial charge in [-0.05, 0) is 65.9 Å². The number of aromatic nitrogens is 4. The van der Waals surface area contributed by atoms with Gasteiger partial charge in [0.25, 0.3) is 0 Å². The van der Waals surface area contributed by atoms with Gasteiger partial charge in [0.2, 0.25) is 0 Å². The lowest BCUT2D eigenvalue weighted by Crippen LogP contribution is -2.06. The Labute approximate surface area is 239 Å². The molecule has 0 aliphatic rings. The number of benzene rings is 4. The molecule has 1 N–H and O–H groups in total. The van der Waals surface area contributed by atoms with Crippen LogP contribution in [0.1, 0.15) is 54.9 Å². The SMILES string of the molecule is CCCCn1c(-c2ccc3nc(CCC)n(Cc4ccc(-c5ccccc5C(=O)O)cc4)c3c2)nc2ccccc21. The van der Waals surface area contributed by atoms with Crippen molar-refractivity contribution in [3.8, 4) is 22.5 Å². The van der Waals surface area contributed by atoms with Crippen LogP contribution in [0.3, 0.4) is 0 Å². The molecule has 6 aromatic rings. The number of carbonyl (C=O) groups is 1. The van der Waals surface area contributed by atoms with Crippen LogP contribution in [0.5, 0.6) is 0 Å². The summed E-state index contributed by atoms with van der Waals surface area (Å²) >= 11 is 0. The van der Waals surface area contributed by atoms with E-state index in [2.05, 4.69) is 71.5 Å². The van der Waals surface area contributed by atoms with Crippen LogP contribution in [0.15, 0.2) is 91.0 Å². The zero-order valence-corrected chi connectivity index (χ0v) is 23.5. The van der Waals surface area contributed by atoms with Crippen molar-refractivity contribution in [3.63, 3.8) is 0 Å². The van der Waals surface area contributed by atoms with E-state index in [0.29, 0.717) is 12.1 Å². The first-order chi connectivity index (χ1) is 20.1. The van der Waals surface area contributed by atoms with Crippen LogP contribution in [0, 0.1) is 0 Å². The predicted octanol–water partition coefficient (Wildman–Crippen LogP) is 8.22. The minimum absolute atomic E-state index is 0.309. The van der Waals surface area contributed by atoms with Crippen LogP contribution in [-0.4, -0.2) is 30.2 Å². The van der Waals surface area contributed by atoms with E-state index < -0.39 is 5.97 Å². The van der Waals surface area contributed by atoms with Gasteiger partial charge >= 0.3 is 5.97 Å². The number of nitrogens with zero attached hydrogens (tertiary/aromatic N) is 4. The highest BCUT2D eigenvalue weighted by molar-refractivity contribution is 5.96. The van der Waals surface area contributed by atoms with Crippen molar-refractivity contribution in [2.45, 2.75) is 52.6 Å². The molecular formula is C35H34N4O2. The lowest BCUT2D eigenvalue weighted by molar-refractivity contribution is 0.0697. The fourth-order valence-corrected chi connectivity index (χ4v) is 5.63. The van der Waals surface area contributed by atoms with E-state index in [1.54, 1.807) is 12.1 Å². The summed E-state index contributed by atoms with van der Waals surface area (Å²) in [5, 5.41) is 9.62. The highest BCUT2D eigenvalue weighted by atomic mass is 16.4. The minimum Gasteiger partial charge on any atom is -0.478 e. The molecule has 0 fully saturated rings. The maximum Gasteiger partial charge on any atom is 0.336 e. The van der Waals surface area contributed by atoms with E-state index in [-0.39, 0.29) is 0 Å². The zero-order chi connectivity index (χ0) is 28.3. The van der Waals surface area contributed by atoms with Gasteiger partial charge in [-0.1, -0.05) is 74.9 Å². The standard InChI is InChI=1S/C35H34N4O2/c1-3-5-21-38-31-14-9-8-13-29(31)37-34(38)26-19-20-30-32(22-26)39(33(36-30)10-4-2)23-24-15-17-25(18-16-24)27-11-6-7-12-28(27)35(40)41/h6-9,11-20,22H,3-5,10,21,23H2,1-2H3,(H,40,41). The van der Waals surface area contributed by atoms with Crippen molar-refractivity contribution in [3.05, 3.63) is 108 Å². The Kier molecular flexibility index (Phi) is 7.38. The van der Waals surface area contributed by atoms with Crippen LogP contribution >= 0.6 is 0 Å². The predicted molar refractivity (Wildman–Crippen MR) is 165 cm³/mol. The molecule has 0 saturated carbocycles. The normalized spacial score (nSPS) is 11.5. The fraction of sp³-hybridized carbons (Fsp3) is 0.229. The van der Waals surface area contributed by atoms with Crippen molar-refractivity contribution in [2.24, 2.45) is 0 Å². The Morgan fingerprint density at radius 1 is 0.756 bits per heavy atom. The van der Waals surface area contributed by atoms with Gasteiger partial charge in [0, 0.05) is 25.1 Å². The molecule has 2 aromatic heterocycles. The molecule has 6 rings (SSSR count). The number of imidazole rings is 2. The van der Waals surface area contributed by atoms with Crippen molar-refractivity contribution in [1.82, 2.24) is 19.1 Å². The van der Waals surface area contributed by atoms with Crippen LogP contribution < -0.4 is 0 Å². The number of unbranched alkanes of at least 4 members (excludes halogenated alkanes) is 1. The summed E-state index contributed by atoms with van der Waals surface area (Å²) in [4.78, 5) is 21.8. The molecule has 0 bridgehead atoms. The number of hydrogen-bond acceptors (Lipinski definition) is 3. The summed E-state index contributed by atoms with van der Waals surface area (Å²) in [5.41, 5.74) is 8.42. The average molecular weight is 543 g/mol. The molecule has 2 heterocycles. The van der Waals surface area contributed by atoms with Crippen LogP contribution in [0.25, 0.3) is 44.6 Å². The van der Waals surface area contributed by atoms with E-state index in [1.165, 1.54) is 5.52 Å². The topological polar surface area (TPSA) is 72.9 Å². The number of carboxylic acid groups (broad SMARTS) is 1. The smallest absolute Gasteiger partial charge is 0.336 e. The first-order valence-corrected chi connectivity index (χ1v) is 14.4. The van der Waals surface area contributed by atoms with Crippen molar-refractivity contribution >= 4 is 28.0 Å². The first-order valence-electron chi connectivity index (χ1n) is 14.4. The van der Waals surface area contributed by atoms with Gasteiger partial charge in [-0.2, -0.15) is 0 Å². The molecular weight excluding hydrogens is 508 g/mol. The number of carboxylic acids is 1. The van der Waals surface area contributed by atoms with Gasteiger partial charge in [-0.15, -0.1) is 0 Å². The van der Waals surface area contributed by atoms with E-state index in [4.69, 9.17) is 9.97 Å². The third kappa shape index (κ3) is 5.13. The zero-order valence-electron chi connectivity index (χ0n) is 23.5. The number of aromatic carboxylic acids is 1. The second-order valence-electron chi connectivity index (χ2n) is 10.5. The van der Waals surface area contributed by atoms with E-state index >= 15 is 0 Å². The molecule has 0 unspecified atom stereocenters. The molecule has 0 aliphatic heterocycles. The average Bonchev–Trinajstić information content (AvgIpc) is 3.54. The molecule has 206 valence electrons. The van der Waals surface area contributed by atoms with E-state index in [1.807, 2.05) is 30.3 Å². The van der Waals surface area contributed by atoms with Gasteiger partial charge in [0.1, 0.15) is 11.6 Å². The van der Waals surface area contributed by atoms with Gasteiger partial charge in [0.15, 0.2) is 0 Å². The molecule has 4 aromatic carbocycles. The van der Waals surface area contributed by atoms with Crippen molar-refractivity contribution < 1.29 is 9.90 Å².